The topological polar surface area (TPSA) is 112 Å². The van der Waals surface area contributed by atoms with Gasteiger partial charge in [-0.25, -0.2) is 17.9 Å². The molecule has 0 atom stereocenters. The summed E-state index contributed by atoms with van der Waals surface area (Å²) < 4.78 is 40.3. The molecule has 33 heavy (non-hydrogen) atoms. The van der Waals surface area contributed by atoms with Gasteiger partial charge < -0.3 is 5.32 Å². The van der Waals surface area contributed by atoms with Crippen LogP contribution in [-0.2, 0) is 14.8 Å². The molecule has 2 aromatic carbocycles. The van der Waals surface area contributed by atoms with Gasteiger partial charge in [0.05, 0.1) is 15.6 Å². The summed E-state index contributed by atoms with van der Waals surface area (Å²) in [6.45, 7) is 0.327. The minimum Gasteiger partial charge on any atom is -0.326 e. The quantitative estimate of drug-likeness (QED) is 0.570. The molecule has 2 heterocycles. The summed E-state index contributed by atoms with van der Waals surface area (Å²) in [5.74, 6) is -1.25. The maximum absolute atomic E-state index is 13.4. The van der Waals surface area contributed by atoms with Crippen molar-refractivity contribution in [2.75, 3.05) is 18.4 Å². The SMILES string of the molecule is O=C(Nc1cccc(-c2ccc(=O)[nH]n2)c1)C1CCN(S(=O)(=O)c2ccc(F)c(Cl)c2)CC1. The van der Waals surface area contributed by atoms with E-state index in [-0.39, 0.29) is 40.4 Å². The number of nitrogens with one attached hydrogen (secondary N) is 2. The van der Waals surface area contributed by atoms with E-state index in [4.69, 9.17) is 11.6 Å². The highest BCUT2D eigenvalue weighted by molar-refractivity contribution is 7.89. The monoisotopic (exact) mass is 490 g/mol. The molecule has 1 aliphatic heterocycles. The lowest BCUT2D eigenvalue weighted by Crippen LogP contribution is -2.41. The number of rotatable bonds is 5. The first kappa shape index (κ1) is 23.1. The zero-order valence-electron chi connectivity index (χ0n) is 17.3. The Morgan fingerprint density at radius 2 is 1.88 bits per heavy atom. The van der Waals surface area contributed by atoms with Gasteiger partial charge in [-0.05, 0) is 49.2 Å². The summed E-state index contributed by atoms with van der Waals surface area (Å²) in [4.78, 5) is 23.9. The number of anilines is 1. The molecule has 4 rings (SSSR count). The van der Waals surface area contributed by atoms with Crippen LogP contribution in [0, 0.1) is 11.7 Å². The molecule has 8 nitrogen and oxygen atoms in total. The molecule has 0 unspecified atom stereocenters. The van der Waals surface area contributed by atoms with Crippen LogP contribution in [0.15, 0.2) is 64.3 Å². The third kappa shape index (κ3) is 5.13. The second-order valence-corrected chi connectivity index (χ2v) is 9.98. The minimum atomic E-state index is -3.83. The Labute approximate surface area is 194 Å². The van der Waals surface area contributed by atoms with Crippen molar-refractivity contribution in [1.82, 2.24) is 14.5 Å². The summed E-state index contributed by atoms with van der Waals surface area (Å²) in [7, 11) is -3.83. The first-order valence-corrected chi connectivity index (χ1v) is 12.0. The fraction of sp³-hybridized carbons (Fsp3) is 0.227. The van der Waals surface area contributed by atoms with E-state index in [9.17, 15) is 22.4 Å². The number of hydrogen-bond donors (Lipinski definition) is 2. The Balaban J connectivity index is 1.40. The molecule has 2 N–H and O–H groups in total. The highest BCUT2D eigenvalue weighted by Gasteiger charge is 2.32. The van der Waals surface area contributed by atoms with E-state index < -0.39 is 15.8 Å². The van der Waals surface area contributed by atoms with Gasteiger partial charge in [0.15, 0.2) is 0 Å². The van der Waals surface area contributed by atoms with E-state index in [1.807, 2.05) is 0 Å². The number of amides is 1. The highest BCUT2D eigenvalue weighted by atomic mass is 35.5. The number of aromatic amines is 1. The normalized spacial score (nSPS) is 15.3. The number of H-pyrrole nitrogens is 1. The van der Waals surface area contributed by atoms with Crippen LogP contribution in [0.3, 0.4) is 0 Å². The maximum Gasteiger partial charge on any atom is 0.264 e. The third-order valence-electron chi connectivity index (χ3n) is 5.46. The molecule has 0 saturated carbocycles. The average molecular weight is 491 g/mol. The maximum atomic E-state index is 13.4. The Morgan fingerprint density at radius 3 is 2.55 bits per heavy atom. The predicted octanol–water partition coefficient (Wildman–Crippen LogP) is 3.27. The summed E-state index contributed by atoms with van der Waals surface area (Å²) in [5.41, 5.74) is 1.55. The molecule has 1 fully saturated rings. The van der Waals surface area contributed by atoms with Crippen LogP contribution in [0.2, 0.25) is 5.02 Å². The number of aromatic nitrogens is 2. The first-order chi connectivity index (χ1) is 15.7. The van der Waals surface area contributed by atoms with Crippen LogP contribution in [-0.4, -0.2) is 41.9 Å². The number of nitrogens with zero attached hydrogens (tertiary/aromatic N) is 2. The lowest BCUT2D eigenvalue weighted by atomic mass is 9.97. The molecule has 0 radical (unpaired) electrons. The van der Waals surface area contributed by atoms with Crippen molar-refractivity contribution >= 4 is 33.2 Å². The average Bonchev–Trinajstić information content (AvgIpc) is 2.81. The first-order valence-electron chi connectivity index (χ1n) is 10.2. The smallest absolute Gasteiger partial charge is 0.264 e. The third-order valence-corrected chi connectivity index (χ3v) is 7.64. The summed E-state index contributed by atoms with van der Waals surface area (Å²) in [6, 6.07) is 13.3. The van der Waals surface area contributed by atoms with Crippen LogP contribution in [0.5, 0.6) is 0 Å². The van der Waals surface area contributed by atoms with Crippen molar-refractivity contribution in [3.8, 4) is 11.3 Å². The molecule has 3 aromatic rings. The lowest BCUT2D eigenvalue weighted by Gasteiger charge is -2.30. The largest absolute Gasteiger partial charge is 0.326 e. The van der Waals surface area contributed by atoms with Crippen molar-refractivity contribution < 1.29 is 17.6 Å². The Morgan fingerprint density at radius 1 is 1.12 bits per heavy atom. The molecule has 1 aromatic heterocycles. The van der Waals surface area contributed by atoms with Crippen molar-refractivity contribution in [2.45, 2.75) is 17.7 Å². The van der Waals surface area contributed by atoms with Crippen LogP contribution < -0.4 is 10.9 Å². The second-order valence-electron chi connectivity index (χ2n) is 7.63. The molecule has 0 bridgehead atoms. The zero-order chi connectivity index (χ0) is 23.6. The summed E-state index contributed by atoms with van der Waals surface area (Å²) in [6.07, 6.45) is 0.697. The predicted molar refractivity (Wildman–Crippen MR) is 122 cm³/mol. The zero-order valence-corrected chi connectivity index (χ0v) is 18.9. The van der Waals surface area contributed by atoms with E-state index in [1.54, 1.807) is 30.3 Å². The molecule has 0 aliphatic carbocycles. The number of carbonyl (C=O) groups excluding carboxylic acids is 1. The molecule has 0 spiro atoms. The standard InChI is InChI=1S/C22H20ClFN4O4S/c23-18-13-17(4-5-19(18)24)33(31,32)28-10-8-14(9-11-28)22(30)25-16-3-1-2-15(12-16)20-6-7-21(29)27-26-20/h1-7,12-14H,8-11H2,(H,25,30)(H,27,29). The Hall–Kier alpha value is -3.08. The van der Waals surface area contributed by atoms with Crippen molar-refractivity contribution in [1.29, 1.82) is 0 Å². The van der Waals surface area contributed by atoms with E-state index >= 15 is 0 Å². The fourth-order valence-corrected chi connectivity index (χ4v) is 5.39. The minimum absolute atomic E-state index is 0.0792. The number of halogens is 2. The number of piperidine rings is 1. The van der Waals surface area contributed by atoms with E-state index in [1.165, 1.54) is 16.4 Å². The van der Waals surface area contributed by atoms with Gasteiger partial charge in [0.2, 0.25) is 15.9 Å². The van der Waals surface area contributed by atoms with Gasteiger partial charge in [0.25, 0.3) is 5.56 Å². The van der Waals surface area contributed by atoms with Gasteiger partial charge in [-0.2, -0.15) is 9.40 Å². The van der Waals surface area contributed by atoms with E-state index in [0.717, 1.165) is 17.7 Å². The highest BCUT2D eigenvalue weighted by Crippen LogP contribution is 2.27. The van der Waals surface area contributed by atoms with Gasteiger partial charge in [-0.1, -0.05) is 23.7 Å². The van der Waals surface area contributed by atoms with Crippen LogP contribution in [0.25, 0.3) is 11.3 Å². The van der Waals surface area contributed by atoms with Gasteiger partial charge in [-0.3, -0.25) is 9.59 Å². The van der Waals surface area contributed by atoms with Gasteiger partial charge in [-0.15, -0.1) is 0 Å². The van der Waals surface area contributed by atoms with Gasteiger partial charge in [0, 0.05) is 36.3 Å². The van der Waals surface area contributed by atoms with Gasteiger partial charge in [0.1, 0.15) is 5.82 Å². The molecule has 172 valence electrons. The number of hydrogen-bond acceptors (Lipinski definition) is 5. The van der Waals surface area contributed by atoms with E-state index in [2.05, 4.69) is 15.5 Å². The molecule has 1 aliphatic rings. The fourth-order valence-electron chi connectivity index (χ4n) is 3.65. The number of sulfonamides is 1. The van der Waals surface area contributed by atoms with Gasteiger partial charge >= 0.3 is 0 Å². The van der Waals surface area contributed by atoms with Crippen LogP contribution >= 0.6 is 11.6 Å². The molecule has 1 saturated heterocycles. The number of benzene rings is 2. The van der Waals surface area contributed by atoms with Crippen LogP contribution in [0.1, 0.15) is 12.8 Å². The Kier molecular flexibility index (Phi) is 6.59. The molecule has 1 amide bonds. The van der Waals surface area contributed by atoms with Crippen molar-refractivity contribution in [2.24, 2.45) is 5.92 Å². The van der Waals surface area contributed by atoms with E-state index in [0.29, 0.717) is 24.2 Å². The number of carbonyl (C=O) groups is 1. The molecular formula is C22H20ClFN4O4S. The van der Waals surface area contributed by atoms with Crippen molar-refractivity contribution in [3.05, 3.63) is 75.8 Å². The molecular weight excluding hydrogens is 471 g/mol. The molecule has 11 heteroatoms. The van der Waals surface area contributed by atoms with Crippen LogP contribution in [0.4, 0.5) is 10.1 Å². The summed E-state index contributed by atoms with van der Waals surface area (Å²) >= 11 is 5.73. The second kappa shape index (κ2) is 9.42. The van der Waals surface area contributed by atoms with Crippen molar-refractivity contribution in [3.63, 3.8) is 0 Å². The Bertz CT molecular complexity index is 1330. The summed E-state index contributed by atoms with van der Waals surface area (Å²) in [5, 5.41) is 8.96. The lowest BCUT2D eigenvalue weighted by molar-refractivity contribution is -0.120.